The van der Waals surface area contributed by atoms with Gasteiger partial charge in [-0.15, -0.1) is 4.40 Å². The number of aromatic hydroxyl groups is 1. The third-order valence-electron chi connectivity index (χ3n) is 7.00. The number of halogens is 2. The molecule has 10 nitrogen and oxygen atoms in total. The van der Waals surface area contributed by atoms with Crippen LogP contribution in [-0.2, 0) is 10.2 Å². The van der Waals surface area contributed by atoms with Gasteiger partial charge in [-0.1, -0.05) is 38.1 Å². The molecule has 2 aromatic carbocycles. The lowest BCUT2D eigenvalue weighted by Crippen LogP contribution is -2.56. The van der Waals surface area contributed by atoms with Gasteiger partial charge in [0.2, 0.25) is 0 Å². The van der Waals surface area contributed by atoms with Gasteiger partial charge >= 0.3 is 16.3 Å². The average molecular weight is 572 g/mol. The molecule has 3 heterocycles. The van der Waals surface area contributed by atoms with Crippen LogP contribution in [0.2, 0.25) is 0 Å². The first-order chi connectivity index (χ1) is 18.9. The van der Waals surface area contributed by atoms with Crippen molar-refractivity contribution in [2.45, 2.75) is 32.7 Å². The smallest absolute Gasteiger partial charge is 0.407 e. The summed E-state index contributed by atoms with van der Waals surface area (Å²) >= 11 is 0. The van der Waals surface area contributed by atoms with Crippen molar-refractivity contribution < 1.29 is 32.2 Å². The van der Waals surface area contributed by atoms with E-state index in [0.29, 0.717) is 5.56 Å². The van der Waals surface area contributed by atoms with Crippen molar-refractivity contribution in [1.82, 2.24) is 14.8 Å². The molecule has 0 unspecified atom stereocenters. The lowest BCUT2D eigenvalue weighted by molar-refractivity contribution is 0.106. The number of carbonyl (C=O) groups is 1. The van der Waals surface area contributed by atoms with Crippen LogP contribution in [0.4, 0.5) is 25.1 Å². The maximum absolute atomic E-state index is 15.7. The lowest BCUT2D eigenvalue weighted by Gasteiger charge is -2.42. The van der Waals surface area contributed by atoms with E-state index in [4.69, 9.17) is 0 Å². The van der Waals surface area contributed by atoms with Gasteiger partial charge in [0.15, 0.2) is 17.5 Å². The number of amides is 1. The van der Waals surface area contributed by atoms with Crippen LogP contribution in [0.25, 0.3) is 11.3 Å². The molecular formula is C27H27F2N5O5S. The summed E-state index contributed by atoms with van der Waals surface area (Å²) in [5.41, 5.74) is -0.152. The molecule has 0 aliphatic carbocycles. The number of phenols is 1. The first-order valence-corrected chi connectivity index (χ1v) is 14.0. The maximum Gasteiger partial charge on any atom is 0.407 e. The molecule has 210 valence electrons. The second kappa shape index (κ2) is 10.0. The van der Waals surface area contributed by atoms with Gasteiger partial charge in [-0.2, -0.15) is 8.42 Å². The zero-order valence-corrected chi connectivity index (χ0v) is 22.7. The molecule has 1 amide bonds. The number of benzene rings is 2. The van der Waals surface area contributed by atoms with E-state index < -0.39 is 51.0 Å². The summed E-state index contributed by atoms with van der Waals surface area (Å²) in [4.78, 5) is 18.6. The molecule has 1 fully saturated rings. The fraction of sp³-hybridized carbons (Fsp3) is 0.296. The summed E-state index contributed by atoms with van der Waals surface area (Å²) in [5, 5.41) is 19.8. The number of piperazine rings is 1. The van der Waals surface area contributed by atoms with Crippen LogP contribution in [0.3, 0.4) is 0 Å². The fourth-order valence-corrected chi connectivity index (χ4v) is 6.36. The Hall–Kier alpha value is -4.26. The van der Waals surface area contributed by atoms with Gasteiger partial charge in [-0.25, -0.2) is 22.9 Å². The molecular weight excluding hydrogens is 544 g/mol. The Morgan fingerprint density at radius 3 is 2.45 bits per heavy atom. The summed E-state index contributed by atoms with van der Waals surface area (Å²) in [6.45, 7) is 5.72. The molecule has 2 N–H and O–H groups in total. The standard InChI is InChI=1S/C27H27F2N5O5S/c1-15(2)17-7-4-5-9-21(17)34-25-18(13-20(29)24(30-25)23-19(28)8-6-10-22(23)35)26(31-40(34,38)39)33-12-11-32(27(36)37)14-16(33)3/h4-10,13,15-16,35H,11-12,14H2,1-3H3,(H,36,37)/t16-/m0/s1. The van der Waals surface area contributed by atoms with Crippen LogP contribution in [0.1, 0.15) is 37.8 Å². The number of rotatable bonds is 3. The van der Waals surface area contributed by atoms with Crippen molar-refractivity contribution in [3.05, 3.63) is 71.3 Å². The molecule has 2 aliphatic heterocycles. The Bertz CT molecular complexity index is 1630. The van der Waals surface area contributed by atoms with Crippen LogP contribution < -0.4 is 4.31 Å². The predicted octanol–water partition coefficient (Wildman–Crippen LogP) is 4.68. The van der Waals surface area contributed by atoms with Gasteiger partial charge in [0.05, 0.1) is 16.8 Å². The molecule has 1 aromatic heterocycles. The number of anilines is 2. The number of para-hydroxylation sites is 1. The Morgan fingerprint density at radius 2 is 1.80 bits per heavy atom. The number of amidine groups is 1. The third kappa shape index (κ3) is 4.59. The number of hydrogen-bond donors (Lipinski definition) is 2. The normalized spacial score (nSPS) is 18.5. The average Bonchev–Trinajstić information content (AvgIpc) is 2.88. The van der Waals surface area contributed by atoms with Gasteiger partial charge < -0.3 is 20.0 Å². The molecule has 2 aliphatic rings. The predicted molar refractivity (Wildman–Crippen MR) is 145 cm³/mol. The van der Waals surface area contributed by atoms with E-state index in [2.05, 4.69) is 9.38 Å². The van der Waals surface area contributed by atoms with Gasteiger partial charge in [0.1, 0.15) is 17.3 Å². The highest BCUT2D eigenvalue weighted by Crippen LogP contribution is 2.42. The SMILES string of the molecule is CC(C)c1ccccc1N1c2nc(-c3c(O)cccc3F)c(F)cc2C(N2CCN(C(=O)O)C[C@@H]2C)=NS1(=O)=O. The number of nitrogens with zero attached hydrogens (tertiary/aromatic N) is 5. The van der Waals surface area contributed by atoms with Crippen molar-refractivity contribution in [3.63, 3.8) is 0 Å². The van der Waals surface area contributed by atoms with Gasteiger partial charge in [-0.05, 0) is 42.7 Å². The van der Waals surface area contributed by atoms with E-state index in [9.17, 15) is 27.8 Å². The minimum atomic E-state index is -4.52. The summed E-state index contributed by atoms with van der Waals surface area (Å²) in [6.07, 6.45) is -1.11. The second-order valence-corrected chi connectivity index (χ2v) is 11.4. The van der Waals surface area contributed by atoms with E-state index in [1.807, 2.05) is 13.8 Å². The molecule has 5 rings (SSSR count). The van der Waals surface area contributed by atoms with Crippen LogP contribution in [-0.4, -0.2) is 71.0 Å². The van der Waals surface area contributed by atoms with Gasteiger partial charge in [-0.3, -0.25) is 0 Å². The number of hydrogen-bond acceptors (Lipinski definition) is 6. The molecule has 13 heteroatoms. The molecule has 40 heavy (non-hydrogen) atoms. The van der Waals surface area contributed by atoms with Crippen molar-refractivity contribution in [2.75, 3.05) is 23.9 Å². The van der Waals surface area contributed by atoms with E-state index in [1.165, 1.54) is 17.0 Å². The molecule has 0 radical (unpaired) electrons. The Labute approximate surface area is 230 Å². The minimum absolute atomic E-state index is 0.0288. The molecule has 1 atom stereocenters. The largest absolute Gasteiger partial charge is 0.507 e. The Kier molecular flexibility index (Phi) is 6.86. The van der Waals surface area contributed by atoms with E-state index in [-0.39, 0.29) is 48.5 Å². The second-order valence-electron chi connectivity index (χ2n) is 9.97. The number of aromatic nitrogens is 1. The summed E-state index contributed by atoms with van der Waals surface area (Å²) in [6, 6.07) is 10.7. The van der Waals surface area contributed by atoms with Crippen molar-refractivity contribution in [2.24, 2.45) is 4.40 Å². The van der Waals surface area contributed by atoms with Crippen molar-refractivity contribution in [1.29, 1.82) is 0 Å². The van der Waals surface area contributed by atoms with Crippen molar-refractivity contribution >= 4 is 33.6 Å². The van der Waals surface area contributed by atoms with Crippen LogP contribution >= 0.6 is 0 Å². The summed E-state index contributed by atoms with van der Waals surface area (Å²) in [7, 11) is -4.52. The Morgan fingerprint density at radius 1 is 1.07 bits per heavy atom. The number of pyridine rings is 1. The highest BCUT2D eigenvalue weighted by molar-refractivity contribution is 7.92. The van der Waals surface area contributed by atoms with Crippen LogP contribution in [0, 0.1) is 11.6 Å². The first-order valence-electron chi connectivity index (χ1n) is 12.6. The zero-order chi connectivity index (χ0) is 28.9. The molecule has 3 aromatic rings. The highest BCUT2D eigenvalue weighted by Gasteiger charge is 2.41. The summed E-state index contributed by atoms with van der Waals surface area (Å²) in [5.74, 6) is -2.93. The molecule has 0 bridgehead atoms. The van der Waals surface area contributed by atoms with Crippen molar-refractivity contribution in [3.8, 4) is 17.0 Å². The number of carboxylic acid groups (broad SMARTS) is 1. The van der Waals surface area contributed by atoms with E-state index in [1.54, 1.807) is 36.1 Å². The van der Waals surface area contributed by atoms with Crippen LogP contribution in [0.15, 0.2) is 52.9 Å². The number of phenolic OH excluding ortho intramolecular Hbond substituents is 1. The minimum Gasteiger partial charge on any atom is -0.507 e. The molecule has 1 saturated heterocycles. The van der Waals surface area contributed by atoms with Gasteiger partial charge in [0.25, 0.3) is 0 Å². The molecule has 0 spiro atoms. The quantitative estimate of drug-likeness (QED) is 0.467. The van der Waals surface area contributed by atoms with Crippen LogP contribution in [0.5, 0.6) is 5.75 Å². The zero-order valence-electron chi connectivity index (χ0n) is 21.9. The van der Waals surface area contributed by atoms with Gasteiger partial charge in [0, 0.05) is 25.7 Å². The third-order valence-corrected chi connectivity index (χ3v) is 8.23. The van der Waals surface area contributed by atoms with E-state index >= 15 is 4.39 Å². The maximum atomic E-state index is 15.7. The topological polar surface area (TPSA) is 127 Å². The van der Waals surface area contributed by atoms with E-state index in [0.717, 1.165) is 16.4 Å². The summed E-state index contributed by atoms with van der Waals surface area (Å²) < 4.78 is 63.2. The monoisotopic (exact) mass is 571 g/mol. The molecule has 0 saturated carbocycles. The number of fused-ring (bicyclic) bond motifs is 1. The highest BCUT2D eigenvalue weighted by atomic mass is 32.2. The lowest BCUT2D eigenvalue weighted by atomic mass is 10.0. The first kappa shape index (κ1) is 27.3. The fourth-order valence-electron chi connectivity index (χ4n) is 5.08. The Balaban J connectivity index is 1.77.